The molecule has 10 nitrogen and oxygen atoms in total. The zero-order chi connectivity index (χ0) is 18.1. The van der Waals surface area contributed by atoms with Crippen LogP contribution in [0.25, 0.3) is 0 Å². The molecule has 0 bridgehead atoms. The van der Waals surface area contributed by atoms with E-state index in [-0.39, 0.29) is 23.0 Å². The molecule has 0 aliphatic carbocycles. The van der Waals surface area contributed by atoms with Gasteiger partial charge in [-0.05, 0) is 25.7 Å². The lowest BCUT2D eigenvalue weighted by Gasteiger charge is -2.06. The third-order valence-electron chi connectivity index (χ3n) is 3.39. The fraction of sp³-hybridized carbons (Fsp3) is 0.500. The van der Waals surface area contributed by atoms with Crippen LogP contribution in [0, 0.1) is 24.0 Å². The summed E-state index contributed by atoms with van der Waals surface area (Å²) in [4.78, 5) is 10.1. The molecule has 0 spiro atoms. The Hall–Kier alpha value is -1.98. The van der Waals surface area contributed by atoms with Crippen LogP contribution in [0.5, 0.6) is 0 Å². The average Bonchev–Trinajstić information content (AvgIpc) is 2.98. The summed E-state index contributed by atoms with van der Waals surface area (Å²) in [5.74, 6) is -0.463. The number of aromatic nitrogens is 4. The Morgan fingerprint density at radius 3 is 2.54 bits per heavy atom. The number of hydrogen-bond donors (Lipinski definition) is 1. The van der Waals surface area contributed by atoms with Crippen LogP contribution >= 0.6 is 11.6 Å². The normalized spacial score (nSPS) is 11.8. The molecular formula is C12H17ClN6O4S. The maximum Gasteiger partial charge on any atom is 0.408 e. The van der Waals surface area contributed by atoms with Gasteiger partial charge in [0.2, 0.25) is 10.0 Å². The van der Waals surface area contributed by atoms with Crippen LogP contribution in [-0.4, -0.2) is 39.4 Å². The number of nitrogens with one attached hydrogen (secondary N) is 1. The summed E-state index contributed by atoms with van der Waals surface area (Å²) in [6.07, 6.45) is 1.28. The predicted octanol–water partition coefficient (Wildman–Crippen LogP) is 1.26. The Balaban J connectivity index is 2.10. The van der Waals surface area contributed by atoms with Gasteiger partial charge in [-0.25, -0.2) is 13.1 Å². The zero-order valence-corrected chi connectivity index (χ0v) is 14.9. The molecule has 0 saturated carbocycles. The standard InChI is InChI=1S/C12H17ClN6O4S/c1-4-18-9(3)11(8(2)15-18)24(22,23)14-5-6-17-7-10(13)12(16-17)19(20)21/h7,14H,4-6H2,1-3H3. The molecule has 0 radical (unpaired) electrons. The highest BCUT2D eigenvalue weighted by Gasteiger charge is 2.24. The van der Waals surface area contributed by atoms with E-state index in [1.165, 1.54) is 10.9 Å². The van der Waals surface area contributed by atoms with Gasteiger partial charge in [-0.15, -0.1) is 0 Å². The third-order valence-corrected chi connectivity index (χ3v) is 5.37. The van der Waals surface area contributed by atoms with E-state index in [9.17, 15) is 18.5 Å². The number of hydrogen-bond acceptors (Lipinski definition) is 6. The summed E-state index contributed by atoms with van der Waals surface area (Å²) in [7, 11) is -3.74. The van der Waals surface area contributed by atoms with E-state index >= 15 is 0 Å². The highest BCUT2D eigenvalue weighted by molar-refractivity contribution is 7.89. The van der Waals surface area contributed by atoms with Crippen molar-refractivity contribution in [2.75, 3.05) is 6.54 Å². The van der Waals surface area contributed by atoms with Gasteiger partial charge >= 0.3 is 5.82 Å². The van der Waals surface area contributed by atoms with Crippen molar-refractivity contribution in [1.29, 1.82) is 0 Å². The fourth-order valence-corrected chi connectivity index (χ4v) is 4.02. The quantitative estimate of drug-likeness (QED) is 0.572. The Morgan fingerprint density at radius 1 is 1.38 bits per heavy atom. The lowest BCUT2D eigenvalue weighted by atomic mass is 10.4. The Labute approximate surface area is 143 Å². The first-order chi connectivity index (χ1) is 11.2. The summed E-state index contributed by atoms with van der Waals surface area (Å²) in [5, 5.41) is 18.5. The number of sulfonamides is 1. The zero-order valence-electron chi connectivity index (χ0n) is 13.4. The SMILES string of the molecule is CCn1nc(C)c(S(=O)(=O)NCCn2cc(Cl)c([N+](=O)[O-])n2)c1C. The van der Waals surface area contributed by atoms with E-state index in [0.29, 0.717) is 17.9 Å². The number of rotatable bonds is 7. The first kappa shape index (κ1) is 18.4. The molecule has 0 aliphatic rings. The van der Waals surface area contributed by atoms with Crippen molar-refractivity contribution in [2.24, 2.45) is 0 Å². The van der Waals surface area contributed by atoms with Crippen molar-refractivity contribution >= 4 is 27.4 Å². The second-order valence-corrected chi connectivity index (χ2v) is 7.15. The van der Waals surface area contributed by atoms with Crippen LogP contribution in [0.2, 0.25) is 5.02 Å². The minimum absolute atomic E-state index is 0.00762. The number of halogens is 1. The van der Waals surface area contributed by atoms with Gasteiger partial charge in [0.15, 0.2) is 5.02 Å². The lowest BCUT2D eigenvalue weighted by molar-refractivity contribution is -0.389. The Bertz CT molecular complexity index is 872. The van der Waals surface area contributed by atoms with Crippen molar-refractivity contribution in [3.63, 3.8) is 0 Å². The Morgan fingerprint density at radius 2 is 2.04 bits per heavy atom. The average molecular weight is 377 g/mol. The predicted molar refractivity (Wildman–Crippen MR) is 86.5 cm³/mol. The molecule has 2 heterocycles. The van der Waals surface area contributed by atoms with Crippen LogP contribution in [-0.2, 0) is 23.1 Å². The van der Waals surface area contributed by atoms with E-state index in [1.807, 2.05) is 6.92 Å². The van der Waals surface area contributed by atoms with Crippen LogP contribution in [0.1, 0.15) is 18.3 Å². The van der Waals surface area contributed by atoms with Gasteiger partial charge in [-0.1, -0.05) is 11.6 Å². The monoisotopic (exact) mass is 376 g/mol. The van der Waals surface area contributed by atoms with Crippen LogP contribution < -0.4 is 4.72 Å². The third kappa shape index (κ3) is 3.57. The minimum atomic E-state index is -3.74. The van der Waals surface area contributed by atoms with E-state index in [0.717, 1.165) is 0 Å². The van der Waals surface area contributed by atoms with E-state index in [1.54, 1.807) is 18.5 Å². The molecule has 0 saturated heterocycles. The molecule has 24 heavy (non-hydrogen) atoms. The topological polar surface area (TPSA) is 125 Å². The number of aryl methyl sites for hydroxylation is 2. The van der Waals surface area contributed by atoms with Crippen molar-refractivity contribution in [1.82, 2.24) is 24.3 Å². The van der Waals surface area contributed by atoms with Gasteiger partial charge in [0.25, 0.3) is 0 Å². The molecule has 0 aromatic carbocycles. The molecular weight excluding hydrogens is 360 g/mol. The molecule has 1 N–H and O–H groups in total. The molecule has 2 aromatic rings. The van der Waals surface area contributed by atoms with Gasteiger partial charge in [-0.3, -0.25) is 4.68 Å². The molecule has 2 rings (SSSR count). The van der Waals surface area contributed by atoms with E-state index in [2.05, 4.69) is 14.9 Å². The first-order valence-electron chi connectivity index (χ1n) is 7.08. The maximum absolute atomic E-state index is 12.4. The van der Waals surface area contributed by atoms with Crippen molar-refractivity contribution in [3.8, 4) is 0 Å². The highest BCUT2D eigenvalue weighted by Crippen LogP contribution is 2.21. The minimum Gasteiger partial charge on any atom is -0.358 e. The molecule has 12 heteroatoms. The Kier molecular flexibility index (Phi) is 5.26. The largest absolute Gasteiger partial charge is 0.408 e. The lowest BCUT2D eigenvalue weighted by Crippen LogP contribution is -2.28. The molecule has 0 atom stereocenters. The van der Waals surface area contributed by atoms with Crippen molar-refractivity contribution in [3.05, 3.63) is 32.7 Å². The van der Waals surface area contributed by atoms with Gasteiger partial charge in [0.1, 0.15) is 4.90 Å². The number of nitro groups is 1. The molecule has 0 unspecified atom stereocenters. The van der Waals surface area contributed by atoms with E-state index in [4.69, 9.17) is 11.6 Å². The highest BCUT2D eigenvalue weighted by atomic mass is 35.5. The summed E-state index contributed by atoms with van der Waals surface area (Å²) >= 11 is 5.69. The van der Waals surface area contributed by atoms with Gasteiger partial charge in [0, 0.05) is 13.1 Å². The van der Waals surface area contributed by atoms with Gasteiger partial charge in [0.05, 0.1) is 29.2 Å². The van der Waals surface area contributed by atoms with Crippen molar-refractivity contribution in [2.45, 2.75) is 38.8 Å². The summed E-state index contributed by atoms with van der Waals surface area (Å²) in [6, 6.07) is 0. The van der Waals surface area contributed by atoms with Crippen molar-refractivity contribution < 1.29 is 13.3 Å². The van der Waals surface area contributed by atoms with Crippen LogP contribution in [0.4, 0.5) is 5.82 Å². The molecule has 0 amide bonds. The molecule has 132 valence electrons. The first-order valence-corrected chi connectivity index (χ1v) is 8.94. The second-order valence-electron chi connectivity index (χ2n) is 5.03. The van der Waals surface area contributed by atoms with Gasteiger partial charge < -0.3 is 10.1 Å². The number of nitrogens with zero attached hydrogens (tertiary/aromatic N) is 5. The fourth-order valence-electron chi connectivity index (χ4n) is 2.37. The molecule has 0 aliphatic heterocycles. The summed E-state index contributed by atoms with van der Waals surface area (Å²) < 4.78 is 30.2. The summed E-state index contributed by atoms with van der Waals surface area (Å²) in [5.41, 5.74) is 0.972. The van der Waals surface area contributed by atoms with E-state index < -0.39 is 20.8 Å². The second kappa shape index (κ2) is 6.87. The molecule has 2 aromatic heterocycles. The summed E-state index contributed by atoms with van der Waals surface area (Å²) in [6.45, 7) is 5.87. The molecule has 0 fully saturated rings. The van der Waals surface area contributed by atoms with Crippen LogP contribution in [0.15, 0.2) is 11.1 Å². The maximum atomic E-state index is 12.4. The van der Waals surface area contributed by atoms with Gasteiger partial charge in [-0.2, -0.15) is 9.78 Å². The van der Waals surface area contributed by atoms with Crippen LogP contribution in [0.3, 0.4) is 0 Å². The smallest absolute Gasteiger partial charge is 0.358 e.